The van der Waals surface area contributed by atoms with E-state index in [1.807, 2.05) is 24.4 Å². The molecule has 0 saturated heterocycles. The van der Waals surface area contributed by atoms with Crippen LogP contribution >= 0.6 is 34.5 Å². The first-order chi connectivity index (χ1) is 13.1. The van der Waals surface area contributed by atoms with Gasteiger partial charge >= 0.3 is 0 Å². The van der Waals surface area contributed by atoms with Crippen molar-refractivity contribution in [2.24, 2.45) is 0 Å². The number of aromatic nitrogens is 3. The maximum absolute atomic E-state index is 13.2. The molecule has 8 heteroatoms. The monoisotopic (exact) mass is 416 g/mol. The van der Waals surface area contributed by atoms with E-state index in [9.17, 15) is 4.79 Å². The van der Waals surface area contributed by atoms with E-state index in [4.69, 9.17) is 23.2 Å². The molecular formula is C19H14Cl2N4OS. The minimum absolute atomic E-state index is 0.167. The summed E-state index contributed by atoms with van der Waals surface area (Å²) in [5.74, 6) is -0.167. The maximum Gasteiger partial charge on any atom is 0.260 e. The van der Waals surface area contributed by atoms with Crippen LogP contribution in [0.2, 0.25) is 10.0 Å². The lowest BCUT2D eigenvalue weighted by atomic mass is 10.2. The zero-order valence-corrected chi connectivity index (χ0v) is 16.4. The number of halogens is 2. The summed E-state index contributed by atoms with van der Waals surface area (Å²) in [5, 5.41) is 5.88. The number of hydrogen-bond donors (Lipinski definition) is 0. The van der Waals surface area contributed by atoms with Crippen LogP contribution in [-0.2, 0) is 6.54 Å². The van der Waals surface area contributed by atoms with Gasteiger partial charge in [-0.25, -0.2) is 4.98 Å². The van der Waals surface area contributed by atoms with Crippen molar-refractivity contribution in [2.75, 3.05) is 11.4 Å². The van der Waals surface area contributed by atoms with E-state index in [1.165, 1.54) is 11.3 Å². The summed E-state index contributed by atoms with van der Waals surface area (Å²) in [5.41, 5.74) is 1.20. The first-order valence-electron chi connectivity index (χ1n) is 8.22. The minimum atomic E-state index is -0.167. The van der Waals surface area contributed by atoms with Crippen LogP contribution in [0.25, 0.3) is 10.2 Å². The molecule has 0 bridgehead atoms. The molecule has 0 unspecified atom stereocenters. The molecule has 1 amide bonds. The van der Waals surface area contributed by atoms with Crippen LogP contribution in [0.15, 0.2) is 60.9 Å². The van der Waals surface area contributed by atoms with Gasteiger partial charge in [-0.2, -0.15) is 5.10 Å². The number of carbonyl (C=O) groups is 1. The van der Waals surface area contributed by atoms with E-state index in [0.717, 1.165) is 4.70 Å². The highest BCUT2D eigenvalue weighted by Gasteiger charge is 2.22. The summed E-state index contributed by atoms with van der Waals surface area (Å²) >= 11 is 13.8. The predicted molar refractivity (Wildman–Crippen MR) is 110 cm³/mol. The number of amides is 1. The van der Waals surface area contributed by atoms with Gasteiger partial charge in [0.15, 0.2) is 5.13 Å². The Labute approximate surface area is 169 Å². The minimum Gasteiger partial charge on any atom is -0.282 e. The summed E-state index contributed by atoms with van der Waals surface area (Å²) in [6.07, 6.45) is 3.57. The van der Waals surface area contributed by atoms with Crippen molar-refractivity contribution < 1.29 is 4.79 Å². The molecule has 136 valence electrons. The molecule has 0 saturated carbocycles. The second kappa shape index (κ2) is 7.68. The molecule has 0 aliphatic carbocycles. The second-order valence-electron chi connectivity index (χ2n) is 5.82. The van der Waals surface area contributed by atoms with Crippen LogP contribution in [-0.4, -0.2) is 27.2 Å². The van der Waals surface area contributed by atoms with Crippen molar-refractivity contribution in [3.63, 3.8) is 0 Å². The largest absolute Gasteiger partial charge is 0.282 e. The van der Waals surface area contributed by atoms with Gasteiger partial charge in [-0.1, -0.05) is 46.7 Å². The van der Waals surface area contributed by atoms with E-state index >= 15 is 0 Å². The molecule has 0 aliphatic rings. The Bertz CT molecular complexity index is 1090. The molecule has 4 aromatic rings. The molecular weight excluding hydrogens is 403 g/mol. The standard InChI is InChI=1S/C19H14Cl2N4OS/c20-14-5-1-4-13(12-14)18(26)25(11-10-24-9-3-8-22-24)19-23-17-15(21)6-2-7-16(17)27-19/h1-9,12H,10-11H2. The average Bonchev–Trinajstić information content (AvgIpc) is 3.32. The van der Waals surface area contributed by atoms with Gasteiger partial charge in [0.25, 0.3) is 5.91 Å². The van der Waals surface area contributed by atoms with Crippen molar-refractivity contribution in [3.8, 4) is 0 Å². The number of para-hydroxylation sites is 1. The fourth-order valence-corrected chi connectivity index (χ4v) is 4.20. The number of fused-ring (bicyclic) bond motifs is 1. The second-order valence-corrected chi connectivity index (χ2v) is 7.67. The Morgan fingerprint density at radius 3 is 2.74 bits per heavy atom. The SMILES string of the molecule is O=C(c1cccc(Cl)c1)N(CCn1cccn1)c1nc2c(Cl)cccc2s1. The highest BCUT2D eigenvalue weighted by atomic mass is 35.5. The number of carbonyl (C=O) groups excluding carboxylic acids is 1. The van der Waals surface area contributed by atoms with Crippen LogP contribution < -0.4 is 4.90 Å². The molecule has 0 spiro atoms. The third kappa shape index (κ3) is 3.83. The number of benzene rings is 2. The van der Waals surface area contributed by atoms with E-state index < -0.39 is 0 Å². The first-order valence-corrected chi connectivity index (χ1v) is 9.79. The van der Waals surface area contributed by atoms with Gasteiger partial charge in [0.2, 0.25) is 0 Å². The van der Waals surface area contributed by atoms with Crippen molar-refractivity contribution in [2.45, 2.75) is 6.54 Å². The summed E-state index contributed by atoms with van der Waals surface area (Å²) < 4.78 is 2.71. The van der Waals surface area contributed by atoms with Crippen molar-refractivity contribution in [3.05, 3.63) is 76.5 Å². The van der Waals surface area contributed by atoms with Gasteiger partial charge in [0.05, 0.1) is 16.3 Å². The molecule has 27 heavy (non-hydrogen) atoms. The predicted octanol–water partition coefficient (Wildman–Crippen LogP) is 5.15. The van der Waals surface area contributed by atoms with Crippen LogP contribution in [0.1, 0.15) is 10.4 Å². The highest BCUT2D eigenvalue weighted by Crippen LogP contribution is 2.33. The van der Waals surface area contributed by atoms with E-state index in [0.29, 0.717) is 39.3 Å². The average molecular weight is 417 g/mol. The Kier molecular flexibility index (Phi) is 5.11. The number of hydrogen-bond acceptors (Lipinski definition) is 4. The van der Waals surface area contributed by atoms with Crippen molar-refractivity contribution in [1.82, 2.24) is 14.8 Å². The molecule has 0 aliphatic heterocycles. The third-order valence-electron chi connectivity index (χ3n) is 4.02. The smallest absolute Gasteiger partial charge is 0.260 e. The summed E-state index contributed by atoms with van der Waals surface area (Å²) in [6.45, 7) is 0.966. The lowest BCUT2D eigenvalue weighted by Crippen LogP contribution is -2.34. The fourth-order valence-electron chi connectivity index (χ4n) is 2.72. The normalized spacial score (nSPS) is 11.0. The Morgan fingerprint density at radius 1 is 1.15 bits per heavy atom. The lowest BCUT2D eigenvalue weighted by molar-refractivity contribution is 0.0986. The molecule has 0 N–H and O–H groups in total. The summed E-state index contributed by atoms with van der Waals surface area (Å²) in [6, 6.07) is 14.4. The lowest BCUT2D eigenvalue weighted by Gasteiger charge is -2.20. The van der Waals surface area contributed by atoms with Crippen LogP contribution in [0.3, 0.4) is 0 Å². The van der Waals surface area contributed by atoms with Gasteiger partial charge in [-0.15, -0.1) is 0 Å². The highest BCUT2D eigenvalue weighted by molar-refractivity contribution is 7.22. The molecule has 0 atom stereocenters. The summed E-state index contributed by atoms with van der Waals surface area (Å²) in [7, 11) is 0. The number of anilines is 1. The molecule has 2 heterocycles. The Morgan fingerprint density at radius 2 is 2.00 bits per heavy atom. The summed E-state index contributed by atoms with van der Waals surface area (Å²) in [4.78, 5) is 19.4. The number of thiazole rings is 1. The Hall–Kier alpha value is -2.41. The quantitative estimate of drug-likeness (QED) is 0.452. The van der Waals surface area contributed by atoms with Crippen LogP contribution in [0.4, 0.5) is 5.13 Å². The third-order valence-corrected chi connectivity index (χ3v) is 5.60. The van der Waals surface area contributed by atoms with Gasteiger partial charge in [0.1, 0.15) is 5.52 Å². The zero-order valence-electron chi connectivity index (χ0n) is 14.0. The molecule has 4 rings (SSSR count). The zero-order chi connectivity index (χ0) is 18.8. The van der Waals surface area contributed by atoms with Gasteiger partial charge < -0.3 is 0 Å². The van der Waals surface area contributed by atoms with Gasteiger partial charge in [-0.05, 0) is 36.4 Å². The first kappa shape index (κ1) is 18.0. The number of nitrogens with zero attached hydrogens (tertiary/aromatic N) is 4. The number of rotatable bonds is 5. The molecule has 0 fully saturated rings. The van der Waals surface area contributed by atoms with E-state index in [2.05, 4.69) is 10.1 Å². The molecule has 2 aromatic heterocycles. The topological polar surface area (TPSA) is 51.0 Å². The molecule has 2 aromatic carbocycles. The van der Waals surface area contributed by atoms with E-state index in [1.54, 1.807) is 46.1 Å². The Balaban J connectivity index is 1.72. The fraction of sp³-hybridized carbons (Fsp3) is 0.105. The molecule has 5 nitrogen and oxygen atoms in total. The van der Waals surface area contributed by atoms with Gasteiger partial charge in [0, 0.05) is 29.5 Å². The van der Waals surface area contributed by atoms with E-state index in [-0.39, 0.29) is 5.91 Å². The van der Waals surface area contributed by atoms with Crippen LogP contribution in [0.5, 0.6) is 0 Å². The maximum atomic E-state index is 13.2. The molecule has 0 radical (unpaired) electrons. The van der Waals surface area contributed by atoms with Crippen LogP contribution in [0, 0.1) is 0 Å². The van der Waals surface area contributed by atoms with Crippen molar-refractivity contribution >= 4 is 55.8 Å². The van der Waals surface area contributed by atoms with Gasteiger partial charge in [-0.3, -0.25) is 14.4 Å². The van der Waals surface area contributed by atoms with Crippen molar-refractivity contribution in [1.29, 1.82) is 0 Å².